The number of ether oxygens (including phenoxy) is 2. The highest BCUT2D eigenvalue weighted by molar-refractivity contribution is 5.93. The van der Waals surface area contributed by atoms with Gasteiger partial charge < -0.3 is 14.8 Å². The summed E-state index contributed by atoms with van der Waals surface area (Å²) in [5, 5.41) is 13.9. The van der Waals surface area contributed by atoms with Gasteiger partial charge in [-0.25, -0.2) is 0 Å². The van der Waals surface area contributed by atoms with Crippen LogP contribution in [-0.2, 0) is 11.3 Å². The zero-order valence-electron chi connectivity index (χ0n) is 16.9. The highest BCUT2D eigenvalue weighted by Gasteiger charge is 2.25. The highest BCUT2D eigenvalue weighted by Crippen LogP contribution is 2.33. The molecule has 1 amide bonds. The van der Waals surface area contributed by atoms with Crippen molar-refractivity contribution in [3.63, 3.8) is 0 Å². The van der Waals surface area contributed by atoms with Gasteiger partial charge in [-0.3, -0.25) is 19.8 Å². The average Bonchev–Trinajstić information content (AvgIpc) is 3.40. The molecule has 1 aliphatic heterocycles. The van der Waals surface area contributed by atoms with Crippen LogP contribution < -0.4 is 14.8 Å². The first-order valence-corrected chi connectivity index (χ1v) is 10.2. The Kier molecular flexibility index (Phi) is 5.85. The predicted molar refractivity (Wildman–Crippen MR) is 112 cm³/mol. The van der Waals surface area contributed by atoms with Crippen LogP contribution in [0.15, 0.2) is 36.4 Å². The van der Waals surface area contributed by atoms with Crippen molar-refractivity contribution < 1.29 is 19.2 Å². The molecule has 1 heterocycles. The Morgan fingerprint density at radius 2 is 1.93 bits per heavy atom. The number of hydrogen-bond donors (Lipinski definition) is 1. The van der Waals surface area contributed by atoms with Crippen molar-refractivity contribution >= 4 is 17.3 Å². The molecule has 0 spiro atoms. The van der Waals surface area contributed by atoms with E-state index in [4.69, 9.17) is 9.47 Å². The van der Waals surface area contributed by atoms with Crippen molar-refractivity contribution in [3.8, 4) is 11.5 Å². The quantitative estimate of drug-likeness (QED) is 0.546. The molecule has 2 aromatic carbocycles. The Hall–Kier alpha value is -3.13. The van der Waals surface area contributed by atoms with Gasteiger partial charge in [-0.05, 0) is 43.0 Å². The minimum absolute atomic E-state index is 0.0380. The van der Waals surface area contributed by atoms with Crippen LogP contribution >= 0.6 is 0 Å². The first-order valence-electron chi connectivity index (χ1n) is 10.2. The van der Waals surface area contributed by atoms with E-state index in [1.807, 2.05) is 25.1 Å². The number of fused-ring (bicyclic) bond motifs is 1. The van der Waals surface area contributed by atoms with Crippen LogP contribution in [0.3, 0.4) is 0 Å². The Balaban J connectivity index is 1.47. The summed E-state index contributed by atoms with van der Waals surface area (Å²) in [6.07, 6.45) is 4.45. The lowest BCUT2D eigenvalue weighted by atomic mass is 10.1. The second kappa shape index (κ2) is 8.71. The largest absolute Gasteiger partial charge is 0.454 e. The SMILES string of the molecule is Cc1ccc([N+](=O)[O-])cc1NC(=O)CN(Cc1ccc2c(c1)OCO2)C1CCCC1. The zero-order valence-corrected chi connectivity index (χ0v) is 16.9. The van der Waals surface area contributed by atoms with E-state index in [2.05, 4.69) is 10.2 Å². The molecule has 2 aliphatic rings. The van der Waals surface area contributed by atoms with Crippen LogP contribution in [0.25, 0.3) is 0 Å². The van der Waals surface area contributed by atoms with Gasteiger partial charge in [0.1, 0.15) is 0 Å². The van der Waals surface area contributed by atoms with E-state index < -0.39 is 4.92 Å². The molecule has 1 saturated carbocycles. The number of carbonyl (C=O) groups excluding carboxylic acids is 1. The molecular formula is C22H25N3O5. The predicted octanol–water partition coefficient (Wildman–Crippen LogP) is 4.02. The number of nitro groups is 1. The highest BCUT2D eigenvalue weighted by atomic mass is 16.7. The van der Waals surface area contributed by atoms with Crippen molar-refractivity contribution in [2.45, 2.75) is 45.2 Å². The molecule has 8 heteroatoms. The molecule has 0 atom stereocenters. The molecule has 1 fully saturated rings. The summed E-state index contributed by atoms with van der Waals surface area (Å²) >= 11 is 0. The maximum Gasteiger partial charge on any atom is 0.271 e. The first kappa shape index (κ1) is 20.2. The van der Waals surface area contributed by atoms with Crippen molar-refractivity contribution in [1.82, 2.24) is 4.90 Å². The Bertz CT molecular complexity index is 956. The summed E-state index contributed by atoms with van der Waals surface area (Å²) in [5.74, 6) is 1.30. The number of nitrogens with one attached hydrogen (secondary N) is 1. The fraction of sp³-hybridized carbons (Fsp3) is 0.409. The molecule has 0 bridgehead atoms. The van der Waals surface area contributed by atoms with Gasteiger partial charge in [0, 0.05) is 24.7 Å². The molecular weight excluding hydrogens is 386 g/mol. The smallest absolute Gasteiger partial charge is 0.271 e. The number of benzene rings is 2. The van der Waals surface area contributed by atoms with Crippen molar-refractivity contribution in [2.75, 3.05) is 18.7 Å². The fourth-order valence-corrected chi connectivity index (χ4v) is 4.09. The van der Waals surface area contributed by atoms with Crippen LogP contribution in [-0.4, -0.2) is 35.1 Å². The van der Waals surface area contributed by atoms with E-state index in [-0.39, 0.29) is 24.9 Å². The number of amides is 1. The number of hydrogen-bond acceptors (Lipinski definition) is 6. The number of aryl methyl sites for hydroxylation is 1. The van der Waals surface area contributed by atoms with E-state index in [9.17, 15) is 14.9 Å². The molecule has 8 nitrogen and oxygen atoms in total. The second-order valence-electron chi connectivity index (χ2n) is 7.84. The van der Waals surface area contributed by atoms with Crippen LogP contribution in [0.4, 0.5) is 11.4 Å². The molecule has 0 aromatic heterocycles. The third-order valence-electron chi connectivity index (χ3n) is 5.72. The molecule has 158 valence electrons. The Labute approximate surface area is 174 Å². The van der Waals surface area contributed by atoms with Crippen molar-refractivity contribution in [3.05, 3.63) is 57.6 Å². The summed E-state index contributed by atoms with van der Waals surface area (Å²) in [6, 6.07) is 10.7. The van der Waals surface area contributed by atoms with Crippen molar-refractivity contribution in [1.29, 1.82) is 0 Å². The van der Waals surface area contributed by atoms with E-state index in [0.717, 1.165) is 48.3 Å². The molecule has 4 rings (SSSR count). The number of non-ortho nitro benzene ring substituents is 1. The lowest BCUT2D eigenvalue weighted by molar-refractivity contribution is -0.384. The monoisotopic (exact) mass is 411 g/mol. The zero-order chi connectivity index (χ0) is 21.1. The van der Waals surface area contributed by atoms with Gasteiger partial charge in [-0.1, -0.05) is 25.0 Å². The van der Waals surface area contributed by atoms with Gasteiger partial charge in [0.25, 0.3) is 5.69 Å². The molecule has 1 aliphatic carbocycles. The summed E-state index contributed by atoms with van der Waals surface area (Å²) in [5.41, 5.74) is 2.29. The number of carbonyl (C=O) groups is 1. The van der Waals surface area contributed by atoms with Gasteiger partial charge >= 0.3 is 0 Å². The summed E-state index contributed by atoms with van der Waals surface area (Å²) in [4.78, 5) is 25.6. The molecule has 0 saturated heterocycles. The van der Waals surface area contributed by atoms with Gasteiger partial charge in [-0.2, -0.15) is 0 Å². The lowest BCUT2D eigenvalue weighted by Gasteiger charge is -2.28. The molecule has 1 N–H and O–H groups in total. The normalized spacial score (nSPS) is 15.5. The number of anilines is 1. The third kappa shape index (κ3) is 4.54. The van der Waals surface area contributed by atoms with Crippen LogP contribution in [0.5, 0.6) is 11.5 Å². The van der Waals surface area contributed by atoms with E-state index in [1.54, 1.807) is 6.07 Å². The number of nitro benzene ring substituents is 1. The summed E-state index contributed by atoms with van der Waals surface area (Å²) in [7, 11) is 0. The van der Waals surface area contributed by atoms with Crippen LogP contribution in [0.1, 0.15) is 36.8 Å². The van der Waals surface area contributed by atoms with E-state index >= 15 is 0 Å². The lowest BCUT2D eigenvalue weighted by Crippen LogP contribution is -2.39. The maximum absolute atomic E-state index is 12.8. The molecule has 2 aromatic rings. The standard InChI is InChI=1S/C22H25N3O5/c1-15-6-8-18(25(27)28)11-19(15)23-22(26)13-24(17-4-2-3-5-17)12-16-7-9-20-21(10-16)30-14-29-20/h6-11,17H,2-5,12-14H2,1H3,(H,23,26). The van der Waals surface area contributed by atoms with Gasteiger partial charge in [0.05, 0.1) is 17.2 Å². The third-order valence-corrected chi connectivity index (χ3v) is 5.72. The van der Waals surface area contributed by atoms with Gasteiger partial charge in [0.15, 0.2) is 11.5 Å². The fourth-order valence-electron chi connectivity index (χ4n) is 4.09. The first-order chi connectivity index (χ1) is 14.5. The Morgan fingerprint density at radius 3 is 2.70 bits per heavy atom. The number of rotatable bonds is 7. The molecule has 0 radical (unpaired) electrons. The van der Waals surface area contributed by atoms with Crippen molar-refractivity contribution in [2.24, 2.45) is 0 Å². The summed E-state index contributed by atoms with van der Waals surface area (Å²) in [6.45, 7) is 2.90. The topological polar surface area (TPSA) is 93.9 Å². The second-order valence-corrected chi connectivity index (χ2v) is 7.84. The summed E-state index contributed by atoms with van der Waals surface area (Å²) < 4.78 is 10.9. The minimum Gasteiger partial charge on any atom is -0.454 e. The van der Waals surface area contributed by atoms with E-state index in [0.29, 0.717) is 18.3 Å². The Morgan fingerprint density at radius 1 is 1.17 bits per heavy atom. The van der Waals surface area contributed by atoms with Crippen LogP contribution in [0.2, 0.25) is 0 Å². The van der Waals surface area contributed by atoms with Crippen LogP contribution in [0, 0.1) is 17.0 Å². The molecule has 30 heavy (non-hydrogen) atoms. The average molecular weight is 411 g/mol. The molecule has 0 unspecified atom stereocenters. The minimum atomic E-state index is -0.459. The number of nitrogens with zero attached hydrogens (tertiary/aromatic N) is 2. The van der Waals surface area contributed by atoms with E-state index in [1.165, 1.54) is 12.1 Å². The maximum atomic E-state index is 12.8. The van der Waals surface area contributed by atoms with Gasteiger partial charge in [-0.15, -0.1) is 0 Å². The van der Waals surface area contributed by atoms with Gasteiger partial charge in [0.2, 0.25) is 12.7 Å².